The van der Waals surface area contributed by atoms with Crippen molar-refractivity contribution in [3.05, 3.63) is 18.0 Å². The first-order chi connectivity index (χ1) is 8.19. The van der Waals surface area contributed by atoms with Crippen molar-refractivity contribution in [3.63, 3.8) is 0 Å². The smallest absolute Gasteiger partial charge is 0.225 e. The van der Waals surface area contributed by atoms with Gasteiger partial charge in [0.25, 0.3) is 0 Å². The van der Waals surface area contributed by atoms with Crippen molar-refractivity contribution in [2.75, 3.05) is 25.1 Å². The molecule has 5 nitrogen and oxygen atoms in total. The standard InChI is InChI=1S/C12H22N4O/c1-10(2)16(5-4-6-17)12-14-8-11(7-13-3)9-15-12/h8-10,13,17H,4-7H2,1-3H3. The third-order valence-corrected chi connectivity index (χ3v) is 2.51. The molecule has 0 saturated carbocycles. The van der Waals surface area contributed by atoms with Crippen LogP contribution in [0.2, 0.25) is 0 Å². The minimum atomic E-state index is 0.195. The van der Waals surface area contributed by atoms with E-state index in [1.54, 1.807) is 0 Å². The van der Waals surface area contributed by atoms with Gasteiger partial charge < -0.3 is 15.3 Å². The van der Waals surface area contributed by atoms with Crippen molar-refractivity contribution in [1.29, 1.82) is 0 Å². The molecule has 0 amide bonds. The maximum atomic E-state index is 8.88. The molecule has 1 rings (SSSR count). The molecular formula is C12H22N4O. The molecule has 0 spiro atoms. The van der Waals surface area contributed by atoms with Gasteiger partial charge in [-0.3, -0.25) is 0 Å². The van der Waals surface area contributed by atoms with Crippen LogP contribution in [0.1, 0.15) is 25.8 Å². The molecule has 0 unspecified atom stereocenters. The Morgan fingerprint density at radius 2 is 2.00 bits per heavy atom. The molecule has 0 aliphatic carbocycles. The average molecular weight is 238 g/mol. The van der Waals surface area contributed by atoms with Gasteiger partial charge in [-0.25, -0.2) is 9.97 Å². The van der Waals surface area contributed by atoms with E-state index in [0.29, 0.717) is 6.04 Å². The molecule has 96 valence electrons. The van der Waals surface area contributed by atoms with Gasteiger partial charge in [-0.15, -0.1) is 0 Å². The van der Waals surface area contributed by atoms with Crippen molar-refractivity contribution in [2.24, 2.45) is 0 Å². The molecule has 2 N–H and O–H groups in total. The lowest BCUT2D eigenvalue weighted by Gasteiger charge is -2.26. The van der Waals surface area contributed by atoms with Crippen LogP contribution in [0.3, 0.4) is 0 Å². The Kier molecular flexibility index (Phi) is 5.86. The molecule has 5 heteroatoms. The number of aliphatic hydroxyl groups excluding tert-OH is 1. The SMILES string of the molecule is CNCc1cnc(N(CCCO)C(C)C)nc1. The second-order valence-corrected chi connectivity index (χ2v) is 4.29. The minimum Gasteiger partial charge on any atom is -0.396 e. The average Bonchev–Trinajstić information content (AvgIpc) is 2.31. The topological polar surface area (TPSA) is 61.3 Å². The molecular weight excluding hydrogens is 216 g/mol. The second kappa shape index (κ2) is 7.19. The highest BCUT2D eigenvalue weighted by Crippen LogP contribution is 2.11. The van der Waals surface area contributed by atoms with Crippen LogP contribution in [0.15, 0.2) is 12.4 Å². The summed E-state index contributed by atoms with van der Waals surface area (Å²) in [6.07, 6.45) is 4.42. The molecule has 0 aliphatic rings. The van der Waals surface area contributed by atoms with Crippen molar-refractivity contribution in [3.8, 4) is 0 Å². The minimum absolute atomic E-state index is 0.195. The number of anilines is 1. The zero-order chi connectivity index (χ0) is 12.7. The highest BCUT2D eigenvalue weighted by molar-refractivity contribution is 5.31. The summed E-state index contributed by atoms with van der Waals surface area (Å²) >= 11 is 0. The van der Waals surface area contributed by atoms with Crippen molar-refractivity contribution >= 4 is 5.95 Å². The van der Waals surface area contributed by atoms with Crippen LogP contribution in [-0.4, -0.2) is 41.3 Å². The summed E-state index contributed by atoms with van der Waals surface area (Å²) in [7, 11) is 1.90. The Hall–Kier alpha value is -1.20. The van der Waals surface area contributed by atoms with Crippen LogP contribution in [0, 0.1) is 0 Å². The zero-order valence-electron chi connectivity index (χ0n) is 10.8. The predicted octanol–water partition coefficient (Wildman–Crippen LogP) is 0.793. The van der Waals surface area contributed by atoms with E-state index in [2.05, 4.69) is 34.0 Å². The number of aromatic nitrogens is 2. The molecule has 17 heavy (non-hydrogen) atoms. The van der Waals surface area contributed by atoms with Gasteiger partial charge in [0.1, 0.15) is 0 Å². The van der Waals surface area contributed by atoms with Gasteiger partial charge in [-0.1, -0.05) is 0 Å². The molecule has 0 bridgehead atoms. The van der Waals surface area contributed by atoms with E-state index in [4.69, 9.17) is 5.11 Å². The number of hydrogen-bond acceptors (Lipinski definition) is 5. The van der Waals surface area contributed by atoms with Crippen LogP contribution in [0.5, 0.6) is 0 Å². The van der Waals surface area contributed by atoms with Crippen molar-refractivity contribution < 1.29 is 5.11 Å². The maximum Gasteiger partial charge on any atom is 0.225 e. The van der Waals surface area contributed by atoms with E-state index in [0.717, 1.165) is 31.0 Å². The van der Waals surface area contributed by atoms with E-state index in [9.17, 15) is 0 Å². The largest absolute Gasteiger partial charge is 0.396 e. The Morgan fingerprint density at radius 3 is 2.47 bits per heavy atom. The fourth-order valence-electron chi connectivity index (χ4n) is 1.62. The Balaban J connectivity index is 2.72. The first kappa shape index (κ1) is 13.9. The van der Waals surface area contributed by atoms with Gasteiger partial charge in [-0.2, -0.15) is 0 Å². The van der Waals surface area contributed by atoms with Crippen LogP contribution in [-0.2, 0) is 6.54 Å². The number of nitrogens with zero attached hydrogens (tertiary/aromatic N) is 3. The van der Waals surface area contributed by atoms with Crippen molar-refractivity contribution in [1.82, 2.24) is 15.3 Å². The monoisotopic (exact) mass is 238 g/mol. The normalized spacial score (nSPS) is 10.9. The number of rotatable bonds is 7. The van der Waals surface area contributed by atoms with Gasteiger partial charge in [0.05, 0.1) is 0 Å². The second-order valence-electron chi connectivity index (χ2n) is 4.29. The lowest BCUT2D eigenvalue weighted by atomic mass is 10.3. The lowest BCUT2D eigenvalue weighted by Crippen LogP contribution is -2.33. The van der Waals surface area contributed by atoms with Gasteiger partial charge in [-0.05, 0) is 27.3 Å². The Labute approximate surface area is 103 Å². The zero-order valence-corrected chi connectivity index (χ0v) is 10.8. The van der Waals surface area contributed by atoms with E-state index in [1.807, 2.05) is 19.4 Å². The molecule has 1 aromatic rings. The highest BCUT2D eigenvalue weighted by atomic mass is 16.3. The molecule has 0 aliphatic heterocycles. The number of aliphatic hydroxyl groups is 1. The summed E-state index contributed by atoms with van der Waals surface area (Å²) in [5, 5.41) is 11.9. The first-order valence-corrected chi connectivity index (χ1v) is 6.02. The van der Waals surface area contributed by atoms with E-state index < -0.39 is 0 Å². The van der Waals surface area contributed by atoms with Gasteiger partial charge in [0, 0.05) is 43.7 Å². The summed E-state index contributed by atoms with van der Waals surface area (Å²) in [6.45, 7) is 5.95. The number of hydrogen-bond donors (Lipinski definition) is 2. The summed E-state index contributed by atoms with van der Waals surface area (Å²) in [5.41, 5.74) is 1.07. The Morgan fingerprint density at radius 1 is 1.35 bits per heavy atom. The van der Waals surface area contributed by atoms with Crippen LogP contribution >= 0.6 is 0 Å². The third kappa shape index (κ3) is 4.28. The number of nitrogens with one attached hydrogen (secondary N) is 1. The highest BCUT2D eigenvalue weighted by Gasteiger charge is 2.12. The molecule has 1 aromatic heterocycles. The van der Waals surface area contributed by atoms with Crippen LogP contribution in [0.4, 0.5) is 5.95 Å². The van der Waals surface area contributed by atoms with E-state index in [-0.39, 0.29) is 6.61 Å². The molecule has 1 heterocycles. The van der Waals surface area contributed by atoms with Crippen LogP contribution < -0.4 is 10.2 Å². The van der Waals surface area contributed by atoms with Crippen LogP contribution in [0.25, 0.3) is 0 Å². The summed E-state index contributed by atoms with van der Waals surface area (Å²) in [4.78, 5) is 10.8. The Bertz CT molecular complexity index is 313. The fraction of sp³-hybridized carbons (Fsp3) is 0.667. The van der Waals surface area contributed by atoms with Gasteiger partial charge in [0.2, 0.25) is 5.95 Å². The van der Waals surface area contributed by atoms with Crippen molar-refractivity contribution in [2.45, 2.75) is 32.9 Å². The third-order valence-electron chi connectivity index (χ3n) is 2.51. The molecule has 0 atom stereocenters. The maximum absolute atomic E-state index is 8.88. The lowest BCUT2D eigenvalue weighted by molar-refractivity contribution is 0.288. The first-order valence-electron chi connectivity index (χ1n) is 6.02. The molecule has 0 radical (unpaired) electrons. The predicted molar refractivity (Wildman–Crippen MR) is 69.0 cm³/mol. The van der Waals surface area contributed by atoms with Gasteiger partial charge >= 0.3 is 0 Å². The van der Waals surface area contributed by atoms with E-state index >= 15 is 0 Å². The summed E-state index contributed by atoms with van der Waals surface area (Å²) in [6, 6.07) is 0.330. The summed E-state index contributed by atoms with van der Waals surface area (Å²) < 4.78 is 0. The molecule has 0 fully saturated rings. The summed E-state index contributed by atoms with van der Waals surface area (Å²) in [5.74, 6) is 0.730. The fourth-order valence-corrected chi connectivity index (χ4v) is 1.62. The molecule has 0 saturated heterocycles. The van der Waals surface area contributed by atoms with Gasteiger partial charge in [0.15, 0.2) is 0 Å². The quantitative estimate of drug-likeness (QED) is 0.735. The van der Waals surface area contributed by atoms with E-state index in [1.165, 1.54) is 0 Å². The molecule has 0 aromatic carbocycles.